The van der Waals surface area contributed by atoms with Crippen LogP contribution in [-0.2, 0) is 6.42 Å². The lowest BCUT2D eigenvalue weighted by atomic mass is 9.96. The Labute approximate surface area is 167 Å². The molecule has 0 saturated carbocycles. The van der Waals surface area contributed by atoms with Gasteiger partial charge in [-0.1, -0.05) is 30.3 Å². The Balaban J connectivity index is 1.42. The Hall–Kier alpha value is -2.53. The average Bonchev–Trinajstić information content (AvgIpc) is 2.77. The fourth-order valence-electron chi connectivity index (χ4n) is 3.62. The highest BCUT2D eigenvalue weighted by Gasteiger charge is 2.20. The molecule has 0 atom stereocenters. The molecule has 0 unspecified atom stereocenters. The second-order valence-electron chi connectivity index (χ2n) is 7.33. The summed E-state index contributed by atoms with van der Waals surface area (Å²) in [6, 6.07) is 15.9. The maximum absolute atomic E-state index is 12.5. The average molecular weight is 383 g/mol. The zero-order valence-electron chi connectivity index (χ0n) is 16.8. The van der Waals surface area contributed by atoms with Crippen LogP contribution in [0.3, 0.4) is 0 Å². The van der Waals surface area contributed by atoms with E-state index < -0.39 is 0 Å². The van der Waals surface area contributed by atoms with Gasteiger partial charge in [0.25, 0.3) is 5.91 Å². The highest BCUT2D eigenvalue weighted by atomic mass is 16.5. The molecule has 1 amide bonds. The zero-order valence-corrected chi connectivity index (χ0v) is 16.8. The van der Waals surface area contributed by atoms with E-state index >= 15 is 0 Å². The van der Waals surface area contributed by atoms with Crippen LogP contribution in [-0.4, -0.2) is 51.2 Å². The van der Waals surface area contributed by atoms with E-state index in [1.165, 1.54) is 5.56 Å². The van der Waals surface area contributed by atoms with Crippen molar-refractivity contribution in [1.29, 1.82) is 0 Å². The third-order valence-corrected chi connectivity index (χ3v) is 5.43. The number of benzene rings is 2. The highest BCUT2D eigenvalue weighted by Crippen LogP contribution is 2.23. The maximum Gasteiger partial charge on any atom is 0.251 e. The first kappa shape index (κ1) is 20.2. The summed E-state index contributed by atoms with van der Waals surface area (Å²) in [4.78, 5) is 15.0. The molecule has 0 radical (unpaired) electrons. The first-order chi connectivity index (χ1) is 13.7. The van der Waals surface area contributed by atoms with Crippen LogP contribution >= 0.6 is 0 Å². The molecule has 1 heterocycles. The van der Waals surface area contributed by atoms with E-state index in [2.05, 4.69) is 40.5 Å². The largest absolute Gasteiger partial charge is 0.497 e. The molecule has 28 heavy (non-hydrogen) atoms. The van der Waals surface area contributed by atoms with Crippen molar-refractivity contribution < 1.29 is 14.3 Å². The molecule has 0 aliphatic carbocycles. The number of hydrogen-bond donors (Lipinski definition) is 1. The van der Waals surface area contributed by atoms with Crippen molar-refractivity contribution >= 4 is 5.91 Å². The first-order valence-corrected chi connectivity index (χ1v) is 9.95. The third-order valence-electron chi connectivity index (χ3n) is 5.43. The summed E-state index contributed by atoms with van der Waals surface area (Å²) in [7, 11) is 3.17. The van der Waals surface area contributed by atoms with Gasteiger partial charge in [0.2, 0.25) is 0 Å². The van der Waals surface area contributed by atoms with Gasteiger partial charge in [-0.05, 0) is 56.0 Å². The van der Waals surface area contributed by atoms with Crippen LogP contribution in [0.2, 0.25) is 0 Å². The number of carbonyl (C=O) groups excluding carboxylic acids is 1. The van der Waals surface area contributed by atoms with Gasteiger partial charge < -0.3 is 19.7 Å². The molecule has 1 aliphatic heterocycles. The Bertz CT molecular complexity index is 733. The van der Waals surface area contributed by atoms with Gasteiger partial charge in [-0.25, -0.2) is 0 Å². The lowest BCUT2D eigenvalue weighted by Crippen LogP contribution is -2.39. The minimum atomic E-state index is -0.0799. The van der Waals surface area contributed by atoms with Crippen LogP contribution in [0.4, 0.5) is 0 Å². The quantitative estimate of drug-likeness (QED) is 0.760. The van der Waals surface area contributed by atoms with E-state index in [4.69, 9.17) is 9.47 Å². The summed E-state index contributed by atoms with van der Waals surface area (Å²) in [6.07, 6.45) is 3.34. The van der Waals surface area contributed by atoms with Crippen molar-refractivity contribution in [3.8, 4) is 11.5 Å². The number of nitrogens with one attached hydrogen (secondary N) is 1. The number of nitrogens with zero attached hydrogens (tertiary/aromatic N) is 1. The first-order valence-electron chi connectivity index (χ1n) is 9.95. The molecular formula is C23H30N2O3. The maximum atomic E-state index is 12.5. The second-order valence-corrected chi connectivity index (χ2v) is 7.33. The van der Waals surface area contributed by atoms with Crippen molar-refractivity contribution in [2.24, 2.45) is 5.92 Å². The standard InChI is InChI=1S/C23H30N2O3/c1-27-21-14-20(15-22(16-21)28-2)23(26)24-17-19-9-12-25(13-10-19)11-8-18-6-4-3-5-7-18/h3-7,14-16,19H,8-13,17H2,1-2H3,(H,24,26). The fraction of sp³-hybridized carbons (Fsp3) is 0.435. The Morgan fingerprint density at radius 3 is 2.29 bits per heavy atom. The molecule has 2 aromatic carbocycles. The van der Waals surface area contributed by atoms with Gasteiger partial charge in [0, 0.05) is 24.7 Å². The van der Waals surface area contributed by atoms with Crippen molar-refractivity contribution in [2.75, 3.05) is 40.4 Å². The van der Waals surface area contributed by atoms with E-state index in [1.54, 1.807) is 32.4 Å². The summed E-state index contributed by atoms with van der Waals surface area (Å²) in [5, 5.41) is 3.08. The number of methoxy groups -OCH3 is 2. The number of hydrogen-bond acceptors (Lipinski definition) is 4. The van der Waals surface area contributed by atoms with E-state index in [1.807, 2.05) is 0 Å². The van der Waals surface area contributed by atoms with Gasteiger partial charge in [-0.2, -0.15) is 0 Å². The van der Waals surface area contributed by atoms with Gasteiger partial charge in [0.05, 0.1) is 14.2 Å². The molecule has 2 aromatic rings. The number of ether oxygens (including phenoxy) is 2. The molecule has 1 fully saturated rings. The Morgan fingerprint density at radius 2 is 1.68 bits per heavy atom. The van der Waals surface area contributed by atoms with Crippen molar-refractivity contribution in [1.82, 2.24) is 10.2 Å². The number of amides is 1. The molecule has 0 bridgehead atoms. The zero-order chi connectivity index (χ0) is 19.8. The number of rotatable bonds is 8. The van der Waals surface area contributed by atoms with E-state index in [-0.39, 0.29) is 5.91 Å². The number of piperidine rings is 1. The van der Waals surface area contributed by atoms with E-state index in [0.29, 0.717) is 29.5 Å². The van der Waals surface area contributed by atoms with Crippen LogP contribution in [0, 0.1) is 5.92 Å². The molecule has 1 saturated heterocycles. The summed E-state index contributed by atoms with van der Waals surface area (Å²) in [6.45, 7) is 4.01. The Morgan fingerprint density at radius 1 is 1.04 bits per heavy atom. The molecule has 5 nitrogen and oxygen atoms in total. The topological polar surface area (TPSA) is 50.8 Å². The summed E-state index contributed by atoms with van der Waals surface area (Å²) < 4.78 is 10.5. The van der Waals surface area contributed by atoms with Crippen molar-refractivity contribution in [3.05, 3.63) is 59.7 Å². The fourth-order valence-corrected chi connectivity index (χ4v) is 3.62. The molecule has 0 spiro atoms. The molecule has 5 heteroatoms. The predicted octanol–water partition coefficient (Wildman–Crippen LogP) is 3.39. The summed E-state index contributed by atoms with van der Waals surface area (Å²) >= 11 is 0. The minimum Gasteiger partial charge on any atom is -0.497 e. The molecular weight excluding hydrogens is 352 g/mol. The van der Waals surface area contributed by atoms with Gasteiger partial charge in [-0.15, -0.1) is 0 Å². The molecule has 1 N–H and O–H groups in total. The molecule has 3 rings (SSSR count). The van der Waals surface area contributed by atoms with Gasteiger partial charge >= 0.3 is 0 Å². The van der Waals surface area contributed by atoms with Crippen LogP contribution in [0.15, 0.2) is 48.5 Å². The molecule has 0 aromatic heterocycles. The number of likely N-dealkylation sites (tertiary alicyclic amines) is 1. The van der Waals surface area contributed by atoms with E-state index in [9.17, 15) is 4.79 Å². The SMILES string of the molecule is COc1cc(OC)cc(C(=O)NCC2CCN(CCc3ccccc3)CC2)c1. The summed E-state index contributed by atoms with van der Waals surface area (Å²) in [5.41, 5.74) is 1.96. The monoisotopic (exact) mass is 382 g/mol. The Kier molecular flexibility index (Phi) is 7.31. The van der Waals surface area contributed by atoms with Crippen LogP contribution in [0.25, 0.3) is 0 Å². The van der Waals surface area contributed by atoms with Gasteiger partial charge in [0.15, 0.2) is 0 Å². The third kappa shape index (κ3) is 5.73. The highest BCUT2D eigenvalue weighted by molar-refractivity contribution is 5.95. The number of carbonyl (C=O) groups is 1. The van der Waals surface area contributed by atoms with Crippen LogP contribution in [0.1, 0.15) is 28.8 Å². The normalized spacial score (nSPS) is 15.2. The van der Waals surface area contributed by atoms with E-state index in [0.717, 1.165) is 38.9 Å². The van der Waals surface area contributed by atoms with Gasteiger partial charge in [0.1, 0.15) is 11.5 Å². The minimum absolute atomic E-state index is 0.0799. The van der Waals surface area contributed by atoms with Crippen LogP contribution < -0.4 is 14.8 Å². The summed E-state index contributed by atoms with van der Waals surface area (Å²) in [5.74, 6) is 1.69. The smallest absolute Gasteiger partial charge is 0.251 e. The van der Waals surface area contributed by atoms with Crippen molar-refractivity contribution in [3.63, 3.8) is 0 Å². The molecule has 1 aliphatic rings. The van der Waals surface area contributed by atoms with Crippen molar-refractivity contribution in [2.45, 2.75) is 19.3 Å². The predicted molar refractivity (Wildman–Crippen MR) is 111 cm³/mol. The lowest BCUT2D eigenvalue weighted by molar-refractivity contribution is 0.0935. The van der Waals surface area contributed by atoms with Gasteiger partial charge in [-0.3, -0.25) is 4.79 Å². The lowest BCUT2D eigenvalue weighted by Gasteiger charge is -2.32. The second kappa shape index (κ2) is 10.1. The van der Waals surface area contributed by atoms with Crippen LogP contribution in [0.5, 0.6) is 11.5 Å². The molecule has 150 valence electrons.